The number of hydrogen-bond acceptors (Lipinski definition) is 4. The molecule has 0 radical (unpaired) electrons. The molecule has 0 atom stereocenters. The molecule has 0 bridgehead atoms. The van der Waals surface area contributed by atoms with Gasteiger partial charge in [0.25, 0.3) is 0 Å². The van der Waals surface area contributed by atoms with E-state index in [1.165, 1.54) is 0 Å². The van der Waals surface area contributed by atoms with Crippen LogP contribution in [0.3, 0.4) is 0 Å². The van der Waals surface area contributed by atoms with Crippen LogP contribution in [0.4, 0.5) is 5.69 Å². The normalized spacial score (nSPS) is 11.8. The fourth-order valence-corrected chi connectivity index (χ4v) is 1.67. The van der Waals surface area contributed by atoms with Crippen molar-refractivity contribution in [3.05, 3.63) is 28.2 Å². The molecule has 6 heteroatoms. The molecule has 19 heavy (non-hydrogen) atoms. The van der Waals surface area contributed by atoms with Crippen molar-refractivity contribution in [2.75, 3.05) is 5.43 Å². The van der Waals surface area contributed by atoms with Crippen molar-refractivity contribution in [1.29, 1.82) is 10.7 Å². The van der Waals surface area contributed by atoms with Gasteiger partial charge in [0.05, 0.1) is 5.69 Å². The summed E-state index contributed by atoms with van der Waals surface area (Å²) >= 11 is 3.41. The van der Waals surface area contributed by atoms with Crippen LogP contribution in [-0.4, -0.2) is 11.5 Å². The number of rotatable bonds is 3. The summed E-state index contributed by atoms with van der Waals surface area (Å²) in [6.45, 7) is 6.33. The summed E-state index contributed by atoms with van der Waals surface area (Å²) in [5.74, 6) is -0.363. The summed E-state index contributed by atoms with van der Waals surface area (Å²) in [4.78, 5) is 0. The fourth-order valence-electron chi connectivity index (χ4n) is 1.34. The quantitative estimate of drug-likeness (QED) is 0.453. The Morgan fingerprint density at radius 1 is 1.47 bits per heavy atom. The number of nitrogens with one attached hydrogen (secondary N) is 2. The van der Waals surface area contributed by atoms with E-state index in [0.717, 1.165) is 15.7 Å². The lowest BCUT2D eigenvalue weighted by atomic mass is 9.87. The highest BCUT2D eigenvalue weighted by Gasteiger charge is 2.15. The number of nitriles is 1. The standard InChI is InChI=1S/C13H16BrN5/c1-13(2,3)8-4-5-9(14)10(6-8)18-19-11(7-15)12(16)17/h4-6,18H,1-3H3,(H3,16,17)/b19-11+. The maximum atomic E-state index is 8.77. The number of nitrogens with two attached hydrogens (primary N) is 1. The number of halogens is 1. The van der Waals surface area contributed by atoms with Gasteiger partial charge in [0, 0.05) is 4.47 Å². The van der Waals surface area contributed by atoms with E-state index >= 15 is 0 Å². The van der Waals surface area contributed by atoms with E-state index < -0.39 is 0 Å². The molecule has 0 saturated heterocycles. The van der Waals surface area contributed by atoms with E-state index in [4.69, 9.17) is 16.4 Å². The summed E-state index contributed by atoms with van der Waals surface area (Å²) in [7, 11) is 0. The van der Waals surface area contributed by atoms with E-state index in [9.17, 15) is 0 Å². The minimum absolute atomic E-state index is 0.0134. The first-order chi connectivity index (χ1) is 8.75. The lowest BCUT2D eigenvalue weighted by molar-refractivity contribution is 0.590. The Morgan fingerprint density at radius 2 is 2.11 bits per heavy atom. The number of hydrogen-bond donors (Lipinski definition) is 3. The van der Waals surface area contributed by atoms with Crippen molar-refractivity contribution in [3.8, 4) is 6.07 Å². The molecule has 0 saturated carbocycles. The third-order valence-corrected chi connectivity index (χ3v) is 3.17. The average Bonchev–Trinajstić information content (AvgIpc) is 2.30. The lowest BCUT2D eigenvalue weighted by Gasteiger charge is -2.20. The summed E-state index contributed by atoms with van der Waals surface area (Å²) in [6, 6.07) is 7.64. The molecule has 0 fully saturated rings. The molecule has 0 aliphatic rings. The third-order valence-electron chi connectivity index (χ3n) is 2.48. The Balaban J connectivity index is 3.09. The van der Waals surface area contributed by atoms with Gasteiger partial charge in [0.15, 0.2) is 5.84 Å². The average molecular weight is 322 g/mol. The van der Waals surface area contributed by atoms with Gasteiger partial charge in [0.1, 0.15) is 6.07 Å². The SMILES string of the molecule is CC(C)(C)c1ccc(Br)c(N/N=C(\C#N)C(=N)N)c1. The van der Waals surface area contributed by atoms with Crippen molar-refractivity contribution < 1.29 is 0 Å². The number of nitrogens with zero attached hydrogens (tertiary/aromatic N) is 2. The van der Waals surface area contributed by atoms with E-state index in [0.29, 0.717) is 0 Å². The number of benzene rings is 1. The summed E-state index contributed by atoms with van der Waals surface area (Å²) in [5, 5.41) is 19.8. The Hall–Kier alpha value is -1.87. The van der Waals surface area contributed by atoms with Crippen molar-refractivity contribution in [3.63, 3.8) is 0 Å². The van der Waals surface area contributed by atoms with Gasteiger partial charge in [-0.1, -0.05) is 26.8 Å². The summed E-state index contributed by atoms with van der Waals surface area (Å²) < 4.78 is 0.824. The number of amidine groups is 1. The van der Waals surface area contributed by atoms with Gasteiger partial charge >= 0.3 is 0 Å². The zero-order valence-electron chi connectivity index (χ0n) is 11.1. The molecule has 0 aliphatic heterocycles. The van der Waals surface area contributed by atoms with Gasteiger partial charge in [-0.05, 0) is 39.0 Å². The van der Waals surface area contributed by atoms with E-state index in [1.54, 1.807) is 6.07 Å². The Labute approximate surface area is 121 Å². The van der Waals surface area contributed by atoms with Gasteiger partial charge in [-0.25, -0.2) is 0 Å². The molecule has 0 aromatic heterocycles. The molecule has 0 aliphatic carbocycles. The van der Waals surface area contributed by atoms with Crippen LogP contribution in [0.2, 0.25) is 0 Å². The van der Waals surface area contributed by atoms with Crippen molar-refractivity contribution >= 4 is 33.2 Å². The van der Waals surface area contributed by atoms with E-state index in [-0.39, 0.29) is 17.0 Å². The van der Waals surface area contributed by atoms with Crippen LogP contribution in [0.15, 0.2) is 27.8 Å². The molecule has 0 heterocycles. The van der Waals surface area contributed by atoms with Crippen molar-refractivity contribution in [2.45, 2.75) is 26.2 Å². The molecule has 0 unspecified atom stereocenters. The lowest BCUT2D eigenvalue weighted by Crippen LogP contribution is -2.22. The molecule has 1 aromatic carbocycles. The molecule has 0 spiro atoms. The first-order valence-electron chi connectivity index (χ1n) is 5.64. The second-order valence-corrected chi connectivity index (χ2v) is 5.90. The molecule has 5 nitrogen and oxygen atoms in total. The maximum absolute atomic E-state index is 8.77. The van der Waals surface area contributed by atoms with Gasteiger partial charge in [-0.3, -0.25) is 10.8 Å². The second kappa shape index (κ2) is 5.85. The number of anilines is 1. The topological polar surface area (TPSA) is 98.0 Å². The van der Waals surface area contributed by atoms with Gasteiger partial charge in [0.2, 0.25) is 5.71 Å². The van der Waals surface area contributed by atoms with Crippen LogP contribution in [0.5, 0.6) is 0 Å². The molecule has 0 amide bonds. The zero-order valence-corrected chi connectivity index (χ0v) is 12.7. The van der Waals surface area contributed by atoms with E-state index in [1.807, 2.05) is 18.2 Å². The monoisotopic (exact) mass is 321 g/mol. The van der Waals surface area contributed by atoms with Crippen LogP contribution in [0, 0.1) is 16.7 Å². The summed E-state index contributed by atoms with van der Waals surface area (Å²) in [6.07, 6.45) is 0. The van der Waals surface area contributed by atoms with Gasteiger partial charge in [-0.2, -0.15) is 10.4 Å². The molecule has 1 rings (SSSR count). The smallest absolute Gasteiger partial charge is 0.201 e. The van der Waals surface area contributed by atoms with E-state index in [2.05, 4.69) is 47.2 Å². The predicted octanol–water partition coefficient (Wildman–Crippen LogP) is 2.97. The highest BCUT2D eigenvalue weighted by atomic mass is 79.9. The first kappa shape index (κ1) is 15.2. The minimum Gasteiger partial charge on any atom is -0.382 e. The van der Waals surface area contributed by atoms with Crippen LogP contribution in [0.25, 0.3) is 0 Å². The highest BCUT2D eigenvalue weighted by molar-refractivity contribution is 9.10. The van der Waals surface area contributed by atoms with Crippen LogP contribution >= 0.6 is 15.9 Å². The third kappa shape index (κ3) is 4.07. The summed E-state index contributed by atoms with van der Waals surface area (Å²) in [5.41, 5.74) is 9.71. The zero-order chi connectivity index (χ0) is 14.6. The molecular weight excluding hydrogens is 306 g/mol. The molecule has 4 N–H and O–H groups in total. The Kier molecular flexibility index (Phi) is 4.67. The van der Waals surface area contributed by atoms with Crippen LogP contribution in [-0.2, 0) is 5.41 Å². The first-order valence-corrected chi connectivity index (χ1v) is 6.43. The Morgan fingerprint density at radius 3 is 2.58 bits per heavy atom. The fraction of sp³-hybridized carbons (Fsp3) is 0.308. The Bertz CT molecular complexity index is 563. The predicted molar refractivity (Wildman–Crippen MR) is 81.4 cm³/mol. The molecular formula is C13H16BrN5. The van der Waals surface area contributed by atoms with Crippen LogP contribution in [0.1, 0.15) is 26.3 Å². The number of hydrazone groups is 1. The molecule has 100 valence electrons. The van der Waals surface area contributed by atoms with Gasteiger partial charge in [-0.15, -0.1) is 0 Å². The largest absolute Gasteiger partial charge is 0.382 e. The van der Waals surface area contributed by atoms with Crippen molar-refractivity contribution in [2.24, 2.45) is 10.8 Å². The minimum atomic E-state index is -0.363. The second-order valence-electron chi connectivity index (χ2n) is 5.04. The van der Waals surface area contributed by atoms with Gasteiger partial charge < -0.3 is 5.73 Å². The van der Waals surface area contributed by atoms with Crippen LogP contribution < -0.4 is 11.2 Å². The van der Waals surface area contributed by atoms with Crippen molar-refractivity contribution in [1.82, 2.24) is 0 Å². The maximum Gasteiger partial charge on any atom is 0.201 e. The highest BCUT2D eigenvalue weighted by Crippen LogP contribution is 2.30. The molecule has 1 aromatic rings.